The molecule has 0 atom stereocenters. The molecule has 0 bridgehead atoms. The van der Waals surface area contributed by atoms with Crippen LogP contribution in [-0.2, 0) is 26.2 Å². The van der Waals surface area contributed by atoms with Crippen LogP contribution >= 0.6 is 0 Å². The van der Waals surface area contributed by atoms with E-state index in [0.717, 1.165) is 12.8 Å². The Bertz CT molecular complexity index is 267. The van der Waals surface area contributed by atoms with E-state index in [1.807, 2.05) is 13.8 Å². The SMILES string of the molecule is CCCO.CCCO.OCCN(CCO)CCO.OCCN(CCO)CCO.OCCN(CCO)CCO.[Zr]. The van der Waals surface area contributed by atoms with Crippen molar-refractivity contribution in [2.45, 2.75) is 26.7 Å². The molecule has 0 aliphatic heterocycles. The van der Waals surface area contributed by atoms with Crippen molar-refractivity contribution >= 4 is 0 Å². The van der Waals surface area contributed by atoms with Gasteiger partial charge in [-0.2, -0.15) is 0 Å². The van der Waals surface area contributed by atoms with Crippen LogP contribution in [0.5, 0.6) is 0 Å². The second-order valence-electron chi connectivity index (χ2n) is 7.48. The van der Waals surface area contributed by atoms with Crippen LogP contribution < -0.4 is 0 Å². The number of aliphatic hydroxyl groups excluding tert-OH is 11. The first-order valence-electron chi connectivity index (χ1n) is 13.2. The van der Waals surface area contributed by atoms with Gasteiger partial charge in [-0.25, -0.2) is 0 Å². The third-order valence-corrected chi connectivity index (χ3v) is 4.19. The smallest absolute Gasteiger partial charge is 0.0558 e. The number of hydrogen-bond acceptors (Lipinski definition) is 14. The van der Waals surface area contributed by atoms with E-state index in [4.69, 9.17) is 56.2 Å². The summed E-state index contributed by atoms with van der Waals surface area (Å²) in [5, 5.41) is 92.1. The molecule has 0 rings (SSSR count). The van der Waals surface area contributed by atoms with Crippen molar-refractivity contribution in [1.82, 2.24) is 14.7 Å². The molecule has 0 radical (unpaired) electrons. The molecule has 0 spiro atoms. The fraction of sp³-hybridized carbons (Fsp3) is 1.00. The molecule has 0 aliphatic rings. The summed E-state index contributed by atoms with van der Waals surface area (Å²) in [6, 6.07) is 0. The van der Waals surface area contributed by atoms with E-state index in [1.54, 1.807) is 14.7 Å². The van der Waals surface area contributed by atoms with Crippen LogP contribution in [-0.4, -0.2) is 202 Å². The summed E-state index contributed by atoms with van der Waals surface area (Å²) in [5.41, 5.74) is 0. The van der Waals surface area contributed by atoms with Crippen LogP contribution in [0.4, 0.5) is 0 Å². The van der Waals surface area contributed by atoms with Gasteiger partial charge in [0.15, 0.2) is 0 Å². The summed E-state index contributed by atoms with van der Waals surface area (Å²) < 4.78 is 0. The number of rotatable bonds is 20. The van der Waals surface area contributed by atoms with Gasteiger partial charge in [-0.1, -0.05) is 13.8 Å². The maximum absolute atomic E-state index is 8.48. The maximum Gasteiger partial charge on any atom is 0.0558 e. The van der Waals surface area contributed by atoms with Crippen LogP contribution in [0.1, 0.15) is 26.7 Å². The summed E-state index contributed by atoms with van der Waals surface area (Å²) in [6.45, 7) is 9.76. The Hall–Kier alpha value is 0.323. The average molecular weight is 659 g/mol. The maximum atomic E-state index is 8.48. The molecule has 0 aliphatic carbocycles. The van der Waals surface area contributed by atoms with E-state index >= 15 is 0 Å². The van der Waals surface area contributed by atoms with Gasteiger partial charge in [0.25, 0.3) is 0 Å². The molecule has 0 aromatic carbocycles. The Morgan fingerprint density at radius 3 is 0.436 bits per heavy atom. The van der Waals surface area contributed by atoms with Gasteiger partial charge >= 0.3 is 0 Å². The van der Waals surface area contributed by atoms with Crippen LogP contribution in [0, 0.1) is 0 Å². The van der Waals surface area contributed by atoms with Gasteiger partial charge in [-0.05, 0) is 12.8 Å². The first-order valence-corrected chi connectivity index (χ1v) is 13.2. The Balaban J connectivity index is -0.0000000910. The predicted octanol–water partition coefficient (Wildman–Crippen LogP) is -4.43. The van der Waals surface area contributed by atoms with Crippen LogP contribution in [0.15, 0.2) is 0 Å². The van der Waals surface area contributed by atoms with E-state index in [2.05, 4.69) is 0 Å². The van der Waals surface area contributed by atoms with Crippen molar-refractivity contribution < 1.29 is 82.4 Å². The molecule has 0 fully saturated rings. The Kier molecular flexibility index (Phi) is 72.6. The zero-order valence-corrected chi connectivity index (χ0v) is 26.8. The zero-order chi connectivity index (χ0) is 30.3. The van der Waals surface area contributed by atoms with Gasteiger partial charge in [0.05, 0.1) is 59.5 Å². The first kappa shape index (κ1) is 52.0. The summed E-state index contributed by atoms with van der Waals surface area (Å²) in [7, 11) is 0. The molecule has 0 heterocycles. The minimum Gasteiger partial charge on any atom is -0.396 e. The summed E-state index contributed by atoms with van der Waals surface area (Å²) in [4.78, 5) is 5.38. The van der Waals surface area contributed by atoms with Gasteiger partial charge in [0.2, 0.25) is 0 Å². The molecular weight excluding hydrogens is 597 g/mol. The van der Waals surface area contributed by atoms with Crippen molar-refractivity contribution in [1.29, 1.82) is 0 Å². The van der Waals surface area contributed by atoms with E-state index in [-0.39, 0.29) is 85.7 Å². The van der Waals surface area contributed by atoms with E-state index in [0.29, 0.717) is 72.1 Å². The molecule has 0 amide bonds. The van der Waals surface area contributed by atoms with Crippen molar-refractivity contribution in [2.75, 3.05) is 132 Å². The largest absolute Gasteiger partial charge is 0.396 e. The third kappa shape index (κ3) is 58.8. The Labute approximate surface area is 254 Å². The molecular formula is C24H61N3O11Zr. The molecule has 0 saturated carbocycles. The number of aliphatic hydroxyl groups is 11. The summed E-state index contributed by atoms with van der Waals surface area (Å²) in [5.74, 6) is 0. The minimum absolute atomic E-state index is 0. The van der Waals surface area contributed by atoms with Gasteiger partial charge in [0.1, 0.15) is 0 Å². The normalized spacial score (nSPS) is 9.85. The van der Waals surface area contributed by atoms with Crippen LogP contribution in [0.3, 0.4) is 0 Å². The molecule has 0 aromatic rings. The molecule has 15 heteroatoms. The summed E-state index contributed by atoms with van der Waals surface area (Å²) >= 11 is 0. The van der Waals surface area contributed by atoms with Crippen molar-refractivity contribution in [3.05, 3.63) is 0 Å². The monoisotopic (exact) mass is 657 g/mol. The van der Waals surface area contributed by atoms with Crippen LogP contribution in [0.2, 0.25) is 0 Å². The van der Waals surface area contributed by atoms with Gasteiger partial charge in [-0.3, -0.25) is 14.7 Å². The van der Waals surface area contributed by atoms with Gasteiger partial charge < -0.3 is 56.2 Å². The molecule has 11 N–H and O–H groups in total. The quantitative estimate of drug-likeness (QED) is 0.0593. The van der Waals surface area contributed by atoms with Gasteiger partial charge in [-0.15, -0.1) is 0 Å². The van der Waals surface area contributed by atoms with Crippen molar-refractivity contribution in [3.8, 4) is 0 Å². The Morgan fingerprint density at radius 1 is 0.282 bits per heavy atom. The number of nitrogens with zero attached hydrogens (tertiary/aromatic N) is 3. The standard InChI is InChI=1S/3C6H15NO3.2C3H8O.Zr/c3*8-4-1-7(2-5-9)3-6-10;2*1-2-3-4;/h3*8-10H,1-6H2;2*4H,2-3H2,1H3;. The first-order chi connectivity index (χ1) is 18.4. The fourth-order valence-corrected chi connectivity index (χ4v) is 2.28. The second-order valence-corrected chi connectivity index (χ2v) is 7.48. The zero-order valence-electron chi connectivity index (χ0n) is 24.3. The van der Waals surface area contributed by atoms with Gasteiger partial charge in [0, 0.05) is 98.3 Å². The molecule has 14 nitrogen and oxygen atoms in total. The topological polar surface area (TPSA) is 232 Å². The Morgan fingerprint density at radius 2 is 0.385 bits per heavy atom. The fourth-order valence-electron chi connectivity index (χ4n) is 2.28. The molecule has 39 heavy (non-hydrogen) atoms. The molecule has 0 aromatic heterocycles. The van der Waals surface area contributed by atoms with E-state index in [1.165, 1.54) is 0 Å². The molecule has 0 saturated heterocycles. The number of hydrogen-bond donors (Lipinski definition) is 11. The summed E-state index contributed by atoms with van der Waals surface area (Å²) in [6.07, 6.45) is 1.75. The van der Waals surface area contributed by atoms with E-state index < -0.39 is 0 Å². The van der Waals surface area contributed by atoms with Crippen LogP contribution in [0.25, 0.3) is 0 Å². The molecule has 0 unspecified atom stereocenters. The van der Waals surface area contributed by atoms with Crippen molar-refractivity contribution in [2.24, 2.45) is 0 Å². The predicted molar refractivity (Wildman–Crippen MR) is 148 cm³/mol. The molecule has 242 valence electrons. The second kappa shape index (κ2) is 54.4. The average Bonchev–Trinajstić information content (AvgIpc) is 2.91. The third-order valence-electron chi connectivity index (χ3n) is 4.19. The van der Waals surface area contributed by atoms with Crippen molar-refractivity contribution in [3.63, 3.8) is 0 Å². The minimum atomic E-state index is 0. The van der Waals surface area contributed by atoms with E-state index in [9.17, 15) is 0 Å².